The highest BCUT2D eigenvalue weighted by molar-refractivity contribution is 6.08. The van der Waals surface area contributed by atoms with Crippen LogP contribution in [0.3, 0.4) is 0 Å². The molecule has 2 aromatic carbocycles. The number of ether oxygens (including phenoxy) is 2. The van der Waals surface area contributed by atoms with Gasteiger partial charge in [-0.1, -0.05) is 30.3 Å². The maximum atomic E-state index is 12.2. The van der Waals surface area contributed by atoms with Crippen molar-refractivity contribution in [1.82, 2.24) is 0 Å². The molecule has 1 saturated heterocycles. The third kappa shape index (κ3) is 2.66. The summed E-state index contributed by atoms with van der Waals surface area (Å²) in [7, 11) is 0. The second kappa shape index (κ2) is 5.24. The van der Waals surface area contributed by atoms with Crippen molar-refractivity contribution >= 4 is 5.78 Å². The number of ketones is 1. The number of benzene rings is 2. The van der Waals surface area contributed by atoms with Crippen LogP contribution in [0.15, 0.2) is 54.6 Å². The molecule has 0 unspecified atom stereocenters. The average molecular weight is 254 g/mol. The van der Waals surface area contributed by atoms with E-state index in [4.69, 9.17) is 9.47 Å². The highest BCUT2D eigenvalue weighted by atomic mass is 16.6. The van der Waals surface area contributed by atoms with Gasteiger partial charge < -0.3 is 9.47 Å². The van der Waals surface area contributed by atoms with Crippen LogP contribution >= 0.6 is 0 Å². The predicted molar refractivity (Wildman–Crippen MR) is 71.6 cm³/mol. The fourth-order valence-corrected chi connectivity index (χ4v) is 1.92. The normalized spacial score (nSPS) is 14.7. The Morgan fingerprint density at radius 1 is 0.947 bits per heavy atom. The minimum atomic E-state index is 0.0270. The van der Waals surface area contributed by atoms with Crippen LogP contribution in [0.25, 0.3) is 0 Å². The van der Waals surface area contributed by atoms with Crippen LogP contribution in [0, 0.1) is 0 Å². The van der Waals surface area contributed by atoms with E-state index in [-0.39, 0.29) is 11.9 Å². The second-order valence-electron chi connectivity index (χ2n) is 4.50. The molecule has 0 saturated carbocycles. The molecule has 3 heteroatoms. The molecule has 0 bridgehead atoms. The molecule has 1 heterocycles. The van der Waals surface area contributed by atoms with Gasteiger partial charge in [0.25, 0.3) is 0 Å². The lowest BCUT2D eigenvalue weighted by Crippen LogP contribution is -2.38. The van der Waals surface area contributed by atoms with Crippen LogP contribution < -0.4 is 4.74 Å². The van der Waals surface area contributed by atoms with Crippen molar-refractivity contribution in [3.8, 4) is 5.75 Å². The highest BCUT2D eigenvalue weighted by Gasteiger charge is 2.20. The molecule has 0 radical (unpaired) electrons. The number of carbonyl (C=O) groups is 1. The molecule has 3 rings (SSSR count). The summed E-state index contributed by atoms with van der Waals surface area (Å²) in [5, 5.41) is 0. The summed E-state index contributed by atoms with van der Waals surface area (Å²) < 4.78 is 10.7. The number of hydrogen-bond donors (Lipinski definition) is 0. The van der Waals surface area contributed by atoms with Gasteiger partial charge in [-0.25, -0.2) is 0 Å². The van der Waals surface area contributed by atoms with E-state index in [2.05, 4.69) is 0 Å². The van der Waals surface area contributed by atoms with Crippen LogP contribution in [0.2, 0.25) is 0 Å². The minimum Gasteiger partial charge on any atom is -0.486 e. The van der Waals surface area contributed by atoms with E-state index in [1.54, 1.807) is 12.1 Å². The van der Waals surface area contributed by atoms with Gasteiger partial charge in [-0.2, -0.15) is 0 Å². The number of hydrogen-bond acceptors (Lipinski definition) is 3. The first kappa shape index (κ1) is 11.9. The molecule has 19 heavy (non-hydrogen) atoms. The molecule has 0 amide bonds. The molecule has 1 aliphatic heterocycles. The second-order valence-corrected chi connectivity index (χ2v) is 4.50. The molecular formula is C16H14O3. The standard InChI is InChI=1S/C16H14O3/c17-16(12-4-2-1-3-5-12)13-6-8-14(9-7-13)19-15-10-18-11-15/h1-9,15H,10-11H2. The number of rotatable bonds is 4. The quantitative estimate of drug-likeness (QED) is 0.787. The van der Waals surface area contributed by atoms with Gasteiger partial charge >= 0.3 is 0 Å². The van der Waals surface area contributed by atoms with Crippen LogP contribution in [0.5, 0.6) is 5.75 Å². The van der Waals surface area contributed by atoms with Crippen LogP contribution in [0.4, 0.5) is 0 Å². The molecule has 2 aromatic rings. The SMILES string of the molecule is O=C(c1ccccc1)c1ccc(OC2COC2)cc1. The molecule has 0 aromatic heterocycles. The Kier molecular flexibility index (Phi) is 3.29. The lowest BCUT2D eigenvalue weighted by Gasteiger charge is -2.26. The highest BCUT2D eigenvalue weighted by Crippen LogP contribution is 2.18. The largest absolute Gasteiger partial charge is 0.486 e. The van der Waals surface area contributed by atoms with E-state index in [9.17, 15) is 4.79 Å². The summed E-state index contributed by atoms with van der Waals surface area (Å²) in [6, 6.07) is 16.5. The molecule has 0 atom stereocenters. The Hall–Kier alpha value is -2.13. The molecule has 0 spiro atoms. The van der Waals surface area contributed by atoms with Crippen LogP contribution in [-0.4, -0.2) is 25.1 Å². The summed E-state index contributed by atoms with van der Waals surface area (Å²) in [4.78, 5) is 12.2. The van der Waals surface area contributed by atoms with Crippen LogP contribution in [-0.2, 0) is 4.74 Å². The fourth-order valence-electron chi connectivity index (χ4n) is 1.92. The first-order valence-electron chi connectivity index (χ1n) is 6.27. The van der Waals surface area contributed by atoms with Crippen molar-refractivity contribution in [2.75, 3.05) is 13.2 Å². The summed E-state index contributed by atoms with van der Waals surface area (Å²) in [5.74, 6) is 0.803. The summed E-state index contributed by atoms with van der Waals surface area (Å²) in [5.41, 5.74) is 1.37. The van der Waals surface area contributed by atoms with E-state index in [0.717, 1.165) is 5.75 Å². The molecule has 3 nitrogen and oxygen atoms in total. The van der Waals surface area contributed by atoms with Crippen molar-refractivity contribution in [2.24, 2.45) is 0 Å². The first-order valence-corrected chi connectivity index (χ1v) is 6.27. The third-order valence-electron chi connectivity index (χ3n) is 3.06. The zero-order valence-corrected chi connectivity index (χ0v) is 10.4. The lowest BCUT2D eigenvalue weighted by molar-refractivity contribution is -0.0796. The molecule has 0 N–H and O–H groups in total. The topological polar surface area (TPSA) is 35.5 Å². The minimum absolute atomic E-state index is 0.0270. The molecule has 0 aliphatic carbocycles. The maximum absolute atomic E-state index is 12.2. The van der Waals surface area contributed by atoms with Crippen molar-refractivity contribution in [3.05, 3.63) is 65.7 Å². The monoisotopic (exact) mass is 254 g/mol. The van der Waals surface area contributed by atoms with Crippen molar-refractivity contribution < 1.29 is 14.3 Å². The Bertz CT molecular complexity index is 556. The molecule has 1 fully saturated rings. The molecule has 1 aliphatic rings. The summed E-state index contributed by atoms with van der Waals surface area (Å²) >= 11 is 0. The van der Waals surface area contributed by atoms with Crippen LogP contribution in [0.1, 0.15) is 15.9 Å². The van der Waals surface area contributed by atoms with Gasteiger partial charge in [0.15, 0.2) is 5.78 Å². The van der Waals surface area contributed by atoms with E-state index in [0.29, 0.717) is 24.3 Å². The van der Waals surface area contributed by atoms with Gasteiger partial charge in [-0.3, -0.25) is 4.79 Å². The Morgan fingerprint density at radius 2 is 1.58 bits per heavy atom. The van der Waals surface area contributed by atoms with E-state index >= 15 is 0 Å². The zero-order chi connectivity index (χ0) is 13.1. The smallest absolute Gasteiger partial charge is 0.193 e. The zero-order valence-electron chi connectivity index (χ0n) is 10.4. The fraction of sp³-hybridized carbons (Fsp3) is 0.188. The van der Waals surface area contributed by atoms with Crippen molar-refractivity contribution in [1.29, 1.82) is 0 Å². The van der Waals surface area contributed by atoms with Crippen molar-refractivity contribution in [3.63, 3.8) is 0 Å². The van der Waals surface area contributed by atoms with Gasteiger partial charge in [0.1, 0.15) is 11.9 Å². The van der Waals surface area contributed by atoms with Gasteiger partial charge in [0.05, 0.1) is 13.2 Å². The lowest BCUT2D eigenvalue weighted by atomic mass is 10.0. The van der Waals surface area contributed by atoms with E-state index < -0.39 is 0 Å². The predicted octanol–water partition coefficient (Wildman–Crippen LogP) is 2.70. The Labute approximate surface area is 111 Å². The first-order chi connectivity index (χ1) is 9.33. The number of carbonyl (C=O) groups excluding carboxylic acids is 1. The van der Waals surface area contributed by atoms with Gasteiger partial charge in [0, 0.05) is 11.1 Å². The average Bonchev–Trinajstić information content (AvgIpc) is 2.44. The van der Waals surface area contributed by atoms with Gasteiger partial charge in [-0.05, 0) is 24.3 Å². The maximum Gasteiger partial charge on any atom is 0.193 e. The Morgan fingerprint density at radius 3 is 2.16 bits per heavy atom. The molecule has 96 valence electrons. The van der Waals surface area contributed by atoms with Gasteiger partial charge in [0.2, 0.25) is 0 Å². The summed E-state index contributed by atoms with van der Waals surface area (Å²) in [6.45, 7) is 1.29. The van der Waals surface area contributed by atoms with Crippen molar-refractivity contribution in [2.45, 2.75) is 6.10 Å². The van der Waals surface area contributed by atoms with E-state index in [1.807, 2.05) is 42.5 Å². The summed E-state index contributed by atoms with van der Waals surface area (Å²) in [6.07, 6.45) is 0.149. The van der Waals surface area contributed by atoms with Gasteiger partial charge in [-0.15, -0.1) is 0 Å². The van der Waals surface area contributed by atoms with E-state index in [1.165, 1.54) is 0 Å². The molecular weight excluding hydrogens is 240 g/mol. The Balaban J connectivity index is 1.73. The third-order valence-corrected chi connectivity index (χ3v) is 3.06.